The molecule has 0 saturated heterocycles. The number of phenolic OH excluding ortho intramolecular Hbond substituents is 1. The average Bonchev–Trinajstić information content (AvgIpc) is 2.47. The fourth-order valence-corrected chi connectivity index (χ4v) is 4.62. The van der Waals surface area contributed by atoms with Gasteiger partial charge in [-0.1, -0.05) is 44.2 Å². The van der Waals surface area contributed by atoms with Gasteiger partial charge in [-0.2, -0.15) is 0 Å². The van der Waals surface area contributed by atoms with Crippen LogP contribution in [0.5, 0.6) is 5.75 Å². The number of hydrogen-bond acceptors (Lipinski definition) is 4. The Morgan fingerprint density at radius 1 is 1.12 bits per heavy atom. The molecule has 0 atom stereocenters. The number of nitrogens with zero attached hydrogens (tertiary/aromatic N) is 1. The Bertz CT molecular complexity index is 888. The van der Waals surface area contributed by atoms with Crippen molar-refractivity contribution in [1.82, 2.24) is 0 Å². The van der Waals surface area contributed by atoms with Crippen molar-refractivity contribution in [3.63, 3.8) is 0 Å². The van der Waals surface area contributed by atoms with Gasteiger partial charge in [0.25, 0.3) is 0 Å². The van der Waals surface area contributed by atoms with Crippen molar-refractivity contribution in [2.24, 2.45) is 0 Å². The highest BCUT2D eigenvalue weighted by Gasteiger charge is 2.34. The fourth-order valence-electron chi connectivity index (χ4n) is 3.69. The molecule has 0 aromatic heterocycles. The lowest BCUT2D eigenvalue weighted by Gasteiger charge is -2.39. The Hall–Kier alpha value is -1.89. The minimum atomic E-state index is -4.64. The molecule has 0 fully saturated rings. The number of aromatic hydroxyl groups is 1. The van der Waals surface area contributed by atoms with Gasteiger partial charge in [-0.25, -0.2) is 8.42 Å². The van der Waals surface area contributed by atoms with Crippen molar-refractivity contribution < 1.29 is 22.6 Å². The monoisotopic (exact) mass is 377 g/mol. The molecule has 5 nitrogen and oxygen atoms in total. The van der Waals surface area contributed by atoms with Gasteiger partial charge in [-0.15, -0.1) is 0 Å². The highest BCUT2D eigenvalue weighted by Crippen LogP contribution is 2.35. The van der Waals surface area contributed by atoms with Crippen LogP contribution in [0.1, 0.15) is 30.5 Å². The van der Waals surface area contributed by atoms with Crippen LogP contribution < -0.4 is 0 Å². The minimum absolute atomic E-state index is 0.00570. The smallest absolute Gasteiger partial charge is 0.124 e. The summed E-state index contributed by atoms with van der Waals surface area (Å²) < 4.78 is 35.9. The Kier molecular flexibility index (Phi) is 5.52. The molecule has 142 valence electrons. The molecule has 0 aliphatic heterocycles. The Morgan fingerprint density at radius 2 is 1.69 bits per heavy atom. The molecule has 6 heteroatoms. The predicted octanol–water partition coefficient (Wildman–Crippen LogP) is 3.16. The standard InChI is InChI=1S/C20H27NO4S/c1-15-11-19(26(23,24)25)17(12-18(15)22)20(2,3)14-21(4,5)13-16-9-7-6-8-10-16/h6-12H,13-14H2,1-5H3,(H-,22,23,24,25). The van der Waals surface area contributed by atoms with Crippen molar-refractivity contribution >= 4 is 10.1 Å². The summed E-state index contributed by atoms with van der Waals surface area (Å²) in [5.74, 6) is -0.00570. The van der Waals surface area contributed by atoms with Gasteiger partial charge in [0.05, 0.1) is 25.5 Å². The van der Waals surface area contributed by atoms with E-state index < -0.39 is 15.5 Å². The van der Waals surface area contributed by atoms with Crippen LogP contribution in [0.15, 0.2) is 47.4 Å². The fraction of sp³-hybridized carbons (Fsp3) is 0.400. The SMILES string of the molecule is Cc1cc(S(=O)(=O)[O-])c(C(C)(C)C[N+](C)(C)Cc2ccccc2)cc1O. The van der Waals surface area contributed by atoms with Crippen LogP contribution in [0.3, 0.4) is 0 Å². The molecule has 0 heterocycles. The van der Waals surface area contributed by atoms with E-state index in [1.54, 1.807) is 6.92 Å². The molecule has 26 heavy (non-hydrogen) atoms. The number of aryl methyl sites for hydroxylation is 1. The second-order valence-electron chi connectivity index (χ2n) is 8.21. The van der Waals surface area contributed by atoms with Crippen molar-refractivity contribution in [3.05, 3.63) is 59.2 Å². The number of rotatable bonds is 6. The van der Waals surface area contributed by atoms with Crippen LogP contribution in [0, 0.1) is 6.92 Å². The molecule has 0 amide bonds. The summed E-state index contributed by atoms with van der Waals surface area (Å²) in [6.07, 6.45) is 0. The van der Waals surface area contributed by atoms with E-state index in [-0.39, 0.29) is 10.6 Å². The van der Waals surface area contributed by atoms with Gasteiger partial charge < -0.3 is 14.1 Å². The molecule has 1 N–H and O–H groups in total. The summed E-state index contributed by atoms with van der Waals surface area (Å²) in [5, 5.41) is 10.1. The molecule has 0 bridgehead atoms. The van der Waals surface area contributed by atoms with E-state index in [4.69, 9.17) is 0 Å². The van der Waals surface area contributed by atoms with Crippen LogP contribution >= 0.6 is 0 Å². The van der Waals surface area contributed by atoms with E-state index in [1.807, 2.05) is 32.0 Å². The molecule has 2 rings (SSSR count). The second-order valence-corrected chi connectivity index (χ2v) is 9.56. The van der Waals surface area contributed by atoms with Gasteiger partial charge in [0.2, 0.25) is 0 Å². The van der Waals surface area contributed by atoms with E-state index in [1.165, 1.54) is 17.7 Å². The van der Waals surface area contributed by atoms with E-state index >= 15 is 0 Å². The number of likely N-dealkylation sites (N-methyl/N-ethyl adjacent to an activating group) is 1. The topological polar surface area (TPSA) is 77.4 Å². The average molecular weight is 378 g/mol. The van der Waals surface area contributed by atoms with Gasteiger partial charge in [0.15, 0.2) is 0 Å². The maximum atomic E-state index is 11.8. The van der Waals surface area contributed by atoms with Crippen LogP contribution in [0.4, 0.5) is 0 Å². The van der Waals surface area contributed by atoms with Gasteiger partial charge in [0.1, 0.15) is 22.4 Å². The van der Waals surface area contributed by atoms with Crippen molar-refractivity contribution in [1.29, 1.82) is 0 Å². The molecular weight excluding hydrogens is 350 g/mol. The zero-order valence-corrected chi connectivity index (χ0v) is 16.8. The first-order valence-corrected chi connectivity index (χ1v) is 9.89. The molecule has 0 saturated carbocycles. The third-order valence-corrected chi connectivity index (χ3v) is 5.45. The highest BCUT2D eigenvalue weighted by molar-refractivity contribution is 7.85. The number of quaternary nitrogens is 1. The number of benzene rings is 2. The van der Waals surface area contributed by atoms with Gasteiger partial charge in [-0.3, -0.25) is 0 Å². The van der Waals surface area contributed by atoms with Crippen molar-refractivity contribution in [2.75, 3.05) is 20.6 Å². The molecule has 0 unspecified atom stereocenters. The Labute approximate surface area is 156 Å². The molecule has 0 aliphatic carbocycles. The van der Waals surface area contributed by atoms with Gasteiger partial charge >= 0.3 is 0 Å². The zero-order valence-electron chi connectivity index (χ0n) is 16.0. The summed E-state index contributed by atoms with van der Waals surface area (Å²) in [4.78, 5) is -0.252. The van der Waals surface area contributed by atoms with E-state index in [2.05, 4.69) is 26.2 Å². The van der Waals surface area contributed by atoms with Gasteiger partial charge in [-0.05, 0) is 30.2 Å². The molecular formula is C20H27NO4S. The Balaban J connectivity index is 2.42. The summed E-state index contributed by atoms with van der Waals surface area (Å²) in [6.45, 7) is 6.73. The Morgan fingerprint density at radius 3 is 2.23 bits per heavy atom. The number of phenols is 1. The lowest BCUT2D eigenvalue weighted by Crippen LogP contribution is -2.47. The van der Waals surface area contributed by atoms with Crippen LogP contribution in [0.25, 0.3) is 0 Å². The first kappa shape index (κ1) is 20.4. The summed E-state index contributed by atoms with van der Waals surface area (Å²) in [7, 11) is -0.511. The maximum Gasteiger partial charge on any atom is 0.124 e. The molecule has 0 spiro atoms. The van der Waals surface area contributed by atoms with Crippen molar-refractivity contribution in [2.45, 2.75) is 37.6 Å². The van der Waals surface area contributed by atoms with Crippen LogP contribution in [-0.2, 0) is 22.1 Å². The zero-order chi connectivity index (χ0) is 19.8. The lowest BCUT2D eigenvalue weighted by atomic mass is 9.82. The normalized spacial score (nSPS) is 13.0. The lowest BCUT2D eigenvalue weighted by molar-refractivity contribution is -0.907. The van der Waals surface area contributed by atoms with Gasteiger partial charge in [0, 0.05) is 11.0 Å². The van der Waals surface area contributed by atoms with E-state index in [0.29, 0.717) is 22.2 Å². The molecule has 2 aromatic rings. The minimum Gasteiger partial charge on any atom is -0.744 e. The van der Waals surface area contributed by atoms with Crippen LogP contribution in [-0.4, -0.2) is 43.2 Å². The summed E-state index contributed by atoms with van der Waals surface area (Å²) in [5.41, 5.74) is 1.28. The quantitative estimate of drug-likeness (QED) is 0.620. The third-order valence-electron chi connectivity index (χ3n) is 4.57. The van der Waals surface area contributed by atoms with E-state index in [9.17, 15) is 18.1 Å². The van der Waals surface area contributed by atoms with Crippen LogP contribution in [0.2, 0.25) is 0 Å². The van der Waals surface area contributed by atoms with Crippen molar-refractivity contribution in [3.8, 4) is 5.75 Å². The number of hydrogen-bond donors (Lipinski definition) is 1. The molecule has 2 aromatic carbocycles. The first-order chi connectivity index (χ1) is 11.8. The molecule has 0 radical (unpaired) electrons. The molecule has 0 aliphatic rings. The second kappa shape index (κ2) is 7.02. The highest BCUT2D eigenvalue weighted by atomic mass is 32.2. The maximum absolute atomic E-state index is 11.8. The summed E-state index contributed by atoms with van der Waals surface area (Å²) >= 11 is 0. The first-order valence-electron chi connectivity index (χ1n) is 8.48. The largest absolute Gasteiger partial charge is 0.744 e. The third kappa shape index (κ3) is 4.84. The van der Waals surface area contributed by atoms with E-state index in [0.717, 1.165) is 6.54 Å². The summed E-state index contributed by atoms with van der Waals surface area (Å²) in [6, 6.07) is 12.7. The predicted molar refractivity (Wildman–Crippen MR) is 101 cm³/mol.